The summed E-state index contributed by atoms with van der Waals surface area (Å²) in [6.07, 6.45) is -0.215. The fourth-order valence-corrected chi connectivity index (χ4v) is 2.73. The van der Waals surface area contributed by atoms with Crippen molar-refractivity contribution in [1.82, 2.24) is 0 Å². The van der Waals surface area contributed by atoms with Gasteiger partial charge in [-0.3, -0.25) is 9.52 Å². The lowest BCUT2D eigenvalue weighted by atomic mass is 10.2. The number of hydrogen-bond acceptors (Lipinski definition) is 6. The minimum atomic E-state index is -3.59. The van der Waals surface area contributed by atoms with E-state index < -0.39 is 28.0 Å². The van der Waals surface area contributed by atoms with Crippen LogP contribution >= 0.6 is 0 Å². The Kier molecular flexibility index (Phi) is 6.15. The van der Waals surface area contributed by atoms with Crippen LogP contribution in [0, 0.1) is 11.3 Å². The molecule has 0 fully saturated rings. The maximum Gasteiger partial charge on any atom is 0.341 e. The standard InChI is InChI=1S/C18H17N3O5S/c1-12(17(22)20-15-9-5-3-7-13(15)11-19)26-18(23)14-8-4-6-10-16(14)21-27(2,24)25/h3-10,12,21H,1-2H3,(H,20,22)/t12-/m1/s1. The van der Waals surface area contributed by atoms with Crippen LogP contribution in [0.2, 0.25) is 0 Å². The van der Waals surface area contributed by atoms with Crippen LogP contribution < -0.4 is 10.0 Å². The highest BCUT2D eigenvalue weighted by molar-refractivity contribution is 7.92. The summed E-state index contributed by atoms with van der Waals surface area (Å²) in [5.74, 6) is -1.49. The highest BCUT2D eigenvalue weighted by Crippen LogP contribution is 2.19. The predicted octanol–water partition coefficient (Wildman–Crippen LogP) is 2.11. The second-order valence-electron chi connectivity index (χ2n) is 5.61. The lowest BCUT2D eigenvalue weighted by Crippen LogP contribution is -2.30. The molecule has 0 spiro atoms. The Hall–Kier alpha value is -3.38. The molecule has 2 rings (SSSR count). The lowest BCUT2D eigenvalue weighted by Gasteiger charge is -2.15. The van der Waals surface area contributed by atoms with Gasteiger partial charge in [-0.15, -0.1) is 0 Å². The molecule has 1 atom stereocenters. The summed E-state index contributed by atoms with van der Waals surface area (Å²) in [7, 11) is -3.59. The van der Waals surface area contributed by atoms with Crippen LogP contribution in [0.15, 0.2) is 48.5 Å². The first-order valence-corrected chi connectivity index (χ1v) is 9.68. The Morgan fingerprint density at radius 2 is 1.67 bits per heavy atom. The lowest BCUT2D eigenvalue weighted by molar-refractivity contribution is -0.123. The maximum atomic E-state index is 12.4. The van der Waals surface area contributed by atoms with E-state index in [1.54, 1.807) is 30.3 Å². The van der Waals surface area contributed by atoms with E-state index >= 15 is 0 Å². The van der Waals surface area contributed by atoms with Crippen LogP contribution in [0.1, 0.15) is 22.8 Å². The molecule has 9 heteroatoms. The number of amides is 1. The third-order valence-corrected chi connectivity index (χ3v) is 3.99. The zero-order chi connectivity index (χ0) is 20.0. The predicted molar refractivity (Wildman–Crippen MR) is 99.6 cm³/mol. The molecule has 1 amide bonds. The average Bonchev–Trinajstić information content (AvgIpc) is 2.61. The number of rotatable bonds is 6. The molecule has 2 N–H and O–H groups in total. The zero-order valence-corrected chi connectivity index (χ0v) is 15.4. The number of carbonyl (C=O) groups is 2. The molecular weight excluding hydrogens is 370 g/mol. The fourth-order valence-electron chi connectivity index (χ4n) is 2.15. The van der Waals surface area contributed by atoms with E-state index in [-0.39, 0.29) is 16.8 Å². The molecule has 0 aliphatic rings. The number of nitrogens with zero attached hydrogens (tertiary/aromatic N) is 1. The van der Waals surface area contributed by atoms with Crippen molar-refractivity contribution in [2.45, 2.75) is 13.0 Å². The number of anilines is 2. The van der Waals surface area contributed by atoms with Gasteiger partial charge in [-0.2, -0.15) is 5.26 Å². The average molecular weight is 387 g/mol. The Morgan fingerprint density at radius 3 is 2.30 bits per heavy atom. The number of para-hydroxylation sites is 2. The molecule has 8 nitrogen and oxygen atoms in total. The van der Waals surface area contributed by atoms with Crippen LogP contribution in [-0.4, -0.2) is 32.7 Å². The first-order chi connectivity index (χ1) is 12.7. The van der Waals surface area contributed by atoms with E-state index in [2.05, 4.69) is 10.0 Å². The highest BCUT2D eigenvalue weighted by Gasteiger charge is 2.22. The normalized spacial score (nSPS) is 11.7. The van der Waals surface area contributed by atoms with E-state index in [9.17, 15) is 18.0 Å². The SMILES string of the molecule is C[C@@H](OC(=O)c1ccccc1NS(C)(=O)=O)C(=O)Nc1ccccc1C#N. The van der Waals surface area contributed by atoms with E-state index in [1.165, 1.54) is 25.1 Å². The van der Waals surface area contributed by atoms with Crippen molar-refractivity contribution < 1.29 is 22.7 Å². The van der Waals surface area contributed by atoms with Gasteiger partial charge in [0.2, 0.25) is 10.0 Å². The van der Waals surface area contributed by atoms with Gasteiger partial charge in [0.25, 0.3) is 5.91 Å². The molecule has 2 aromatic carbocycles. The third-order valence-electron chi connectivity index (χ3n) is 3.40. The molecule has 0 aliphatic carbocycles. The van der Waals surface area contributed by atoms with Gasteiger partial charge < -0.3 is 10.1 Å². The quantitative estimate of drug-likeness (QED) is 0.731. The first-order valence-electron chi connectivity index (χ1n) is 7.79. The second-order valence-corrected chi connectivity index (χ2v) is 7.36. The number of nitrogens with one attached hydrogen (secondary N) is 2. The molecule has 0 radical (unpaired) electrons. The van der Waals surface area contributed by atoms with Crippen molar-refractivity contribution >= 4 is 33.3 Å². The summed E-state index contributed by atoms with van der Waals surface area (Å²) in [5, 5.41) is 11.6. The number of benzene rings is 2. The van der Waals surface area contributed by atoms with Crippen LogP contribution in [-0.2, 0) is 19.6 Å². The van der Waals surface area contributed by atoms with Crippen LogP contribution in [0.3, 0.4) is 0 Å². The fraction of sp³-hybridized carbons (Fsp3) is 0.167. The molecule has 0 bridgehead atoms. The molecule has 0 saturated carbocycles. The van der Waals surface area contributed by atoms with Crippen molar-refractivity contribution in [2.75, 3.05) is 16.3 Å². The Morgan fingerprint density at radius 1 is 1.07 bits per heavy atom. The highest BCUT2D eigenvalue weighted by atomic mass is 32.2. The summed E-state index contributed by atoms with van der Waals surface area (Å²) >= 11 is 0. The monoisotopic (exact) mass is 387 g/mol. The molecule has 0 aliphatic heterocycles. The van der Waals surface area contributed by atoms with Crippen LogP contribution in [0.25, 0.3) is 0 Å². The summed E-state index contributed by atoms with van der Waals surface area (Å²) in [6, 6.07) is 14.2. The summed E-state index contributed by atoms with van der Waals surface area (Å²) in [5.41, 5.74) is 0.589. The van der Waals surface area contributed by atoms with Gasteiger partial charge in [0, 0.05) is 0 Å². The number of sulfonamides is 1. The number of hydrogen-bond donors (Lipinski definition) is 2. The van der Waals surface area contributed by atoms with Gasteiger partial charge >= 0.3 is 5.97 Å². The van der Waals surface area contributed by atoms with Crippen molar-refractivity contribution in [1.29, 1.82) is 5.26 Å². The smallest absolute Gasteiger partial charge is 0.341 e. The van der Waals surface area contributed by atoms with Crippen LogP contribution in [0.4, 0.5) is 11.4 Å². The molecule has 140 valence electrons. The molecule has 0 aromatic heterocycles. The van der Waals surface area contributed by atoms with Crippen molar-refractivity contribution in [3.05, 3.63) is 59.7 Å². The topological polar surface area (TPSA) is 125 Å². The largest absolute Gasteiger partial charge is 0.449 e. The van der Waals surface area contributed by atoms with Gasteiger partial charge in [-0.05, 0) is 31.2 Å². The molecule has 0 unspecified atom stereocenters. The first kappa shape index (κ1) is 19.9. The molecule has 2 aromatic rings. The van der Waals surface area contributed by atoms with Gasteiger partial charge in [0.05, 0.1) is 28.8 Å². The summed E-state index contributed by atoms with van der Waals surface area (Å²) in [4.78, 5) is 24.6. The van der Waals surface area contributed by atoms with E-state index in [4.69, 9.17) is 10.00 Å². The summed E-state index contributed by atoms with van der Waals surface area (Å²) in [6.45, 7) is 1.37. The van der Waals surface area contributed by atoms with Crippen molar-refractivity contribution in [2.24, 2.45) is 0 Å². The van der Waals surface area contributed by atoms with Gasteiger partial charge in [0.1, 0.15) is 6.07 Å². The zero-order valence-electron chi connectivity index (χ0n) is 14.6. The van der Waals surface area contributed by atoms with E-state index in [0.29, 0.717) is 5.69 Å². The number of nitriles is 1. The van der Waals surface area contributed by atoms with Gasteiger partial charge in [-0.1, -0.05) is 24.3 Å². The third kappa shape index (κ3) is 5.55. The van der Waals surface area contributed by atoms with Crippen molar-refractivity contribution in [3.8, 4) is 6.07 Å². The maximum absolute atomic E-state index is 12.4. The number of esters is 1. The van der Waals surface area contributed by atoms with Gasteiger partial charge in [0.15, 0.2) is 6.10 Å². The number of ether oxygens (including phenoxy) is 1. The molecule has 0 heterocycles. The second kappa shape index (κ2) is 8.33. The van der Waals surface area contributed by atoms with E-state index in [1.807, 2.05) is 6.07 Å². The summed E-state index contributed by atoms with van der Waals surface area (Å²) < 4.78 is 30.2. The molecule has 27 heavy (non-hydrogen) atoms. The molecular formula is C18H17N3O5S. The Balaban J connectivity index is 2.12. The van der Waals surface area contributed by atoms with E-state index in [0.717, 1.165) is 6.26 Å². The Bertz CT molecular complexity index is 1010. The molecule has 0 saturated heterocycles. The minimum Gasteiger partial charge on any atom is -0.449 e. The number of carbonyl (C=O) groups excluding carboxylic acids is 2. The van der Waals surface area contributed by atoms with Crippen LogP contribution in [0.5, 0.6) is 0 Å². The Labute approximate surface area is 156 Å². The minimum absolute atomic E-state index is 0.0278. The van der Waals surface area contributed by atoms with Crippen molar-refractivity contribution in [3.63, 3.8) is 0 Å². The van der Waals surface area contributed by atoms with Gasteiger partial charge in [-0.25, -0.2) is 13.2 Å².